The van der Waals surface area contributed by atoms with Crippen LogP contribution in [0.25, 0.3) is 6.08 Å². The van der Waals surface area contributed by atoms with Gasteiger partial charge in [-0.2, -0.15) is 0 Å². The van der Waals surface area contributed by atoms with Crippen molar-refractivity contribution in [1.82, 2.24) is 0 Å². The van der Waals surface area contributed by atoms with E-state index in [-0.39, 0.29) is 17.2 Å². The third-order valence-electron chi connectivity index (χ3n) is 3.83. The predicted molar refractivity (Wildman–Crippen MR) is 83.8 cm³/mol. The quantitative estimate of drug-likeness (QED) is 0.866. The second kappa shape index (κ2) is 7.17. The van der Waals surface area contributed by atoms with Gasteiger partial charge in [0.25, 0.3) is 0 Å². The largest absolute Gasteiger partial charge is 0.486 e. The van der Waals surface area contributed by atoms with Crippen molar-refractivity contribution < 1.29 is 23.0 Å². The summed E-state index contributed by atoms with van der Waals surface area (Å²) in [6.45, 7) is 3.81. The van der Waals surface area contributed by atoms with Gasteiger partial charge in [0.2, 0.25) is 0 Å². The molecule has 0 radical (unpaired) electrons. The highest BCUT2D eigenvalue weighted by atomic mass is 19.3. The lowest BCUT2D eigenvalue weighted by Crippen LogP contribution is -2.30. The standard InChI is InChI=1S/C17H20F3NO2/c1-3-12-14(23-10-17(19,20)9-22)7-6-13(15(12)18)16-11(2)5-4-8-21-16/h3,6-7,11,22H,1,4-5,8-10H2,2H3. The van der Waals surface area contributed by atoms with E-state index in [2.05, 4.69) is 11.6 Å². The maximum atomic E-state index is 14.7. The van der Waals surface area contributed by atoms with Gasteiger partial charge in [0, 0.05) is 17.8 Å². The molecule has 0 aliphatic carbocycles. The molecule has 0 aromatic heterocycles. The zero-order valence-corrected chi connectivity index (χ0v) is 13.0. The van der Waals surface area contributed by atoms with Crippen LogP contribution in [0.4, 0.5) is 13.2 Å². The highest BCUT2D eigenvalue weighted by molar-refractivity contribution is 6.03. The SMILES string of the molecule is C=Cc1c(OCC(F)(F)CO)ccc(C2=NCCCC2C)c1F. The Morgan fingerprint density at radius 1 is 1.48 bits per heavy atom. The van der Waals surface area contributed by atoms with Crippen molar-refractivity contribution in [2.45, 2.75) is 25.7 Å². The van der Waals surface area contributed by atoms with E-state index in [1.54, 1.807) is 0 Å². The summed E-state index contributed by atoms with van der Waals surface area (Å²) in [5.74, 6) is -3.84. The zero-order valence-electron chi connectivity index (χ0n) is 13.0. The van der Waals surface area contributed by atoms with Crippen molar-refractivity contribution in [3.8, 4) is 5.75 Å². The number of benzene rings is 1. The molecule has 1 N–H and O–H groups in total. The second-order valence-electron chi connectivity index (χ2n) is 5.66. The first-order chi connectivity index (χ1) is 10.9. The molecule has 1 unspecified atom stereocenters. The van der Waals surface area contributed by atoms with E-state index < -0.39 is 25.0 Å². The fraction of sp³-hybridized carbons (Fsp3) is 0.471. The van der Waals surface area contributed by atoms with Crippen LogP contribution in [0.15, 0.2) is 23.7 Å². The Hall–Kier alpha value is -1.82. The number of aliphatic hydroxyl groups is 1. The molecule has 1 aliphatic heterocycles. The monoisotopic (exact) mass is 327 g/mol. The predicted octanol–water partition coefficient (Wildman–Crippen LogP) is 3.69. The van der Waals surface area contributed by atoms with E-state index in [4.69, 9.17) is 9.84 Å². The van der Waals surface area contributed by atoms with Crippen LogP contribution in [0.3, 0.4) is 0 Å². The molecular formula is C17H20F3NO2. The molecule has 0 amide bonds. The normalized spacial score (nSPS) is 18.5. The Kier molecular flexibility index (Phi) is 5.46. The minimum atomic E-state index is -3.38. The Balaban J connectivity index is 2.32. The molecule has 126 valence electrons. The smallest absolute Gasteiger partial charge is 0.303 e. The van der Waals surface area contributed by atoms with E-state index in [9.17, 15) is 13.2 Å². The summed E-state index contributed by atoms with van der Waals surface area (Å²) < 4.78 is 45.9. The van der Waals surface area contributed by atoms with E-state index in [1.165, 1.54) is 18.2 Å². The molecule has 0 saturated heterocycles. The summed E-state index contributed by atoms with van der Waals surface area (Å²) in [4.78, 5) is 4.39. The topological polar surface area (TPSA) is 41.8 Å². The van der Waals surface area contributed by atoms with Gasteiger partial charge in [0.1, 0.15) is 18.2 Å². The van der Waals surface area contributed by atoms with Crippen LogP contribution < -0.4 is 4.74 Å². The lowest BCUT2D eigenvalue weighted by Gasteiger charge is -2.22. The Morgan fingerprint density at radius 3 is 2.83 bits per heavy atom. The minimum Gasteiger partial charge on any atom is -0.486 e. The van der Waals surface area contributed by atoms with Crippen molar-refractivity contribution in [2.75, 3.05) is 19.8 Å². The molecule has 6 heteroatoms. The Labute approximate surface area is 133 Å². The second-order valence-corrected chi connectivity index (χ2v) is 5.66. The summed E-state index contributed by atoms with van der Waals surface area (Å²) in [5, 5.41) is 8.56. The van der Waals surface area contributed by atoms with Crippen LogP contribution in [0.1, 0.15) is 30.9 Å². The summed E-state index contributed by atoms with van der Waals surface area (Å²) in [6, 6.07) is 2.93. The van der Waals surface area contributed by atoms with E-state index in [0.717, 1.165) is 12.8 Å². The fourth-order valence-corrected chi connectivity index (χ4v) is 2.56. The average molecular weight is 327 g/mol. The molecular weight excluding hydrogens is 307 g/mol. The first-order valence-electron chi connectivity index (χ1n) is 7.50. The molecule has 0 fully saturated rings. The molecule has 23 heavy (non-hydrogen) atoms. The molecule has 1 aromatic carbocycles. The van der Waals surface area contributed by atoms with Gasteiger partial charge in [0.05, 0.1) is 5.56 Å². The van der Waals surface area contributed by atoms with Gasteiger partial charge in [-0.25, -0.2) is 13.2 Å². The van der Waals surface area contributed by atoms with Crippen molar-refractivity contribution in [3.05, 3.63) is 35.7 Å². The van der Waals surface area contributed by atoms with Crippen LogP contribution in [-0.4, -0.2) is 36.5 Å². The van der Waals surface area contributed by atoms with Crippen LogP contribution >= 0.6 is 0 Å². The van der Waals surface area contributed by atoms with Crippen molar-refractivity contribution >= 4 is 11.8 Å². The molecule has 1 heterocycles. The lowest BCUT2D eigenvalue weighted by molar-refractivity contribution is -0.0801. The van der Waals surface area contributed by atoms with Crippen molar-refractivity contribution in [1.29, 1.82) is 0 Å². The fourth-order valence-electron chi connectivity index (χ4n) is 2.56. The summed E-state index contributed by atoms with van der Waals surface area (Å²) in [5.41, 5.74) is 1.06. The van der Waals surface area contributed by atoms with E-state index in [0.29, 0.717) is 17.8 Å². The maximum absolute atomic E-state index is 14.7. The van der Waals surface area contributed by atoms with Crippen LogP contribution in [0.2, 0.25) is 0 Å². The van der Waals surface area contributed by atoms with Crippen LogP contribution in [-0.2, 0) is 0 Å². The summed E-state index contributed by atoms with van der Waals surface area (Å²) in [7, 11) is 0. The minimum absolute atomic E-state index is 0.0247. The number of aliphatic hydroxyl groups excluding tert-OH is 1. The van der Waals surface area contributed by atoms with Gasteiger partial charge in [-0.3, -0.25) is 4.99 Å². The number of halogens is 3. The molecule has 1 aromatic rings. The highest BCUT2D eigenvalue weighted by Crippen LogP contribution is 2.30. The molecule has 3 nitrogen and oxygen atoms in total. The van der Waals surface area contributed by atoms with E-state index in [1.807, 2.05) is 6.92 Å². The zero-order chi connectivity index (χ0) is 17.0. The van der Waals surface area contributed by atoms with E-state index >= 15 is 0 Å². The van der Waals surface area contributed by atoms with Crippen molar-refractivity contribution in [3.63, 3.8) is 0 Å². The number of rotatable bonds is 6. The molecule has 1 aliphatic rings. The maximum Gasteiger partial charge on any atom is 0.303 e. The first kappa shape index (κ1) is 17.5. The van der Waals surface area contributed by atoms with Crippen LogP contribution in [0.5, 0.6) is 5.75 Å². The number of nitrogens with zero attached hydrogens (tertiary/aromatic N) is 1. The molecule has 1 atom stereocenters. The number of ether oxygens (including phenoxy) is 1. The first-order valence-corrected chi connectivity index (χ1v) is 7.50. The van der Waals surface area contributed by atoms with Gasteiger partial charge in [-0.05, 0) is 30.9 Å². The average Bonchev–Trinajstić information content (AvgIpc) is 2.54. The van der Waals surface area contributed by atoms with Gasteiger partial charge in [-0.1, -0.05) is 19.6 Å². The summed E-state index contributed by atoms with van der Waals surface area (Å²) >= 11 is 0. The number of hydrogen-bond acceptors (Lipinski definition) is 3. The van der Waals surface area contributed by atoms with Gasteiger partial charge < -0.3 is 9.84 Å². The van der Waals surface area contributed by atoms with Gasteiger partial charge >= 0.3 is 5.92 Å². The Morgan fingerprint density at radius 2 is 2.22 bits per heavy atom. The number of alkyl halides is 2. The molecule has 2 rings (SSSR count). The third-order valence-corrected chi connectivity index (χ3v) is 3.83. The molecule has 0 spiro atoms. The van der Waals surface area contributed by atoms with Crippen molar-refractivity contribution in [2.24, 2.45) is 10.9 Å². The third kappa shape index (κ3) is 3.93. The van der Waals surface area contributed by atoms with Gasteiger partial charge in [-0.15, -0.1) is 0 Å². The number of aliphatic imine (C=N–C) groups is 1. The Bertz CT molecular complexity index is 614. The molecule has 0 bridgehead atoms. The van der Waals surface area contributed by atoms with Gasteiger partial charge in [0.15, 0.2) is 6.61 Å². The lowest BCUT2D eigenvalue weighted by atomic mass is 9.90. The summed E-state index contributed by atoms with van der Waals surface area (Å²) in [6.07, 6.45) is 3.14. The molecule has 0 saturated carbocycles. The highest BCUT2D eigenvalue weighted by Gasteiger charge is 2.30. The van der Waals surface area contributed by atoms with Crippen LogP contribution in [0, 0.1) is 11.7 Å². The number of hydrogen-bond donors (Lipinski definition) is 1.